The third kappa shape index (κ3) is 4.40. The average Bonchev–Trinajstić information content (AvgIpc) is 2.53. The standard InChI is InChI=1S/C18H21ClO2/c1-3-12-21-17-7-5-6-15(13-17)18(19)14-8-10-16(11-9-14)20-4-2/h5-11,13,18H,3-4,12H2,1-2H3. The van der Waals surface area contributed by atoms with Crippen LogP contribution in [-0.2, 0) is 0 Å². The Kier molecular flexibility index (Phi) is 5.94. The van der Waals surface area contributed by atoms with Gasteiger partial charge in [0.05, 0.1) is 18.6 Å². The molecule has 0 radical (unpaired) electrons. The van der Waals surface area contributed by atoms with Crippen LogP contribution < -0.4 is 9.47 Å². The molecule has 0 fully saturated rings. The highest BCUT2D eigenvalue weighted by Gasteiger charge is 2.11. The molecule has 0 aliphatic heterocycles. The Bertz CT molecular complexity index is 551. The van der Waals surface area contributed by atoms with Crippen LogP contribution in [0.1, 0.15) is 36.8 Å². The highest BCUT2D eigenvalue weighted by molar-refractivity contribution is 6.22. The number of halogens is 1. The molecule has 2 aromatic carbocycles. The summed E-state index contributed by atoms with van der Waals surface area (Å²) in [5, 5.41) is -0.189. The average molecular weight is 305 g/mol. The van der Waals surface area contributed by atoms with Crippen molar-refractivity contribution in [2.45, 2.75) is 25.6 Å². The Morgan fingerprint density at radius 3 is 2.33 bits per heavy atom. The Morgan fingerprint density at radius 2 is 1.67 bits per heavy atom. The minimum absolute atomic E-state index is 0.189. The molecule has 1 atom stereocenters. The number of benzene rings is 2. The van der Waals surface area contributed by atoms with Gasteiger partial charge < -0.3 is 9.47 Å². The number of ether oxygens (including phenoxy) is 2. The van der Waals surface area contributed by atoms with Gasteiger partial charge in [0.15, 0.2) is 0 Å². The third-order valence-corrected chi connectivity index (χ3v) is 3.61. The van der Waals surface area contributed by atoms with Gasteiger partial charge in [-0.1, -0.05) is 31.2 Å². The lowest BCUT2D eigenvalue weighted by atomic mass is 10.0. The summed E-state index contributed by atoms with van der Waals surface area (Å²) in [4.78, 5) is 0. The number of hydrogen-bond acceptors (Lipinski definition) is 2. The SMILES string of the molecule is CCCOc1cccc(C(Cl)c2ccc(OCC)cc2)c1. The first-order valence-electron chi connectivity index (χ1n) is 7.34. The van der Waals surface area contributed by atoms with E-state index >= 15 is 0 Å². The van der Waals surface area contributed by atoms with Crippen LogP contribution in [0, 0.1) is 0 Å². The Balaban J connectivity index is 2.13. The van der Waals surface area contributed by atoms with E-state index in [1.54, 1.807) is 0 Å². The van der Waals surface area contributed by atoms with E-state index < -0.39 is 0 Å². The van der Waals surface area contributed by atoms with Gasteiger partial charge in [-0.05, 0) is 48.7 Å². The molecule has 0 heterocycles. The van der Waals surface area contributed by atoms with E-state index in [-0.39, 0.29) is 5.38 Å². The maximum absolute atomic E-state index is 6.57. The fourth-order valence-electron chi connectivity index (χ4n) is 2.07. The van der Waals surface area contributed by atoms with E-state index in [4.69, 9.17) is 21.1 Å². The van der Waals surface area contributed by atoms with Crippen molar-refractivity contribution in [2.75, 3.05) is 13.2 Å². The lowest BCUT2D eigenvalue weighted by Gasteiger charge is -2.13. The monoisotopic (exact) mass is 304 g/mol. The van der Waals surface area contributed by atoms with Crippen LogP contribution in [0.5, 0.6) is 11.5 Å². The van der Waals surface area contributed by atoms with E-state index in [1.165, 1.54) is 0 Å². The van der Waals surface area contributed by atoms with Crippen molar-refractivity contribution in [1.29, 1.82) is 0 Å². The fourth-order valence-corrected chi connectivity index (χ4v) is 2.36. The second-order valence-electron chi connectivity index (χ2n) is 4.79. The zero-order chi connectivity index (χ0) is 15.1. The van der Waals surface area contributed by atoms with Crippen molar-refractivity contribution in [3.8, 4) is 11.5 Å². The molecule has 21 heavy (non-hydrogen) atoms. The molecule has 2 nitrogen and oxygen atoms in total. The summed E-state index contributed by atoms with van der Waals surface area (Å²) in [7, 11) is 0. The van der Waals surface area contributed by atoms with E-state index in [9.17, 15) is 0 Å². The summed E-state index contributed by atoms with van der Waals surface area (Å²) in [6, 6.07) is 15.9. The van der Waals surface area contributed by atoms with E-state index in [1.807, 2.05) is 55.5 Å². The molecule has 112 valence electrons. The zero-order valence-electron chi connectivity index (χ0n) is 12.5. The van der Waals surface area contributed by atoms with Gasteiger partial charge in [0.2, 0.25) is 0 Å². The van der Waals surface area contributed by atoms with Crippen molar-refractivity contribution in [3.05, 3.63) is 59.7 Å². The molecular weight excluding hydrogens is 284 g/mol. The summed E-state index contributed by atoms with van der Waals surface area (Å²) < 4.78 is 11.1. The molecule has 3 heteroatoms. The smallest absolute Gasteiger partial charge is 0.119 e. The second kappa shape index (κ2) is 7.94. The first-order valence-corrected chi connectivity index (χ1v) is 7.77. The lowest BCUT2D eigenvalue weighted by molar-refractivity contribution is 0.317. The molecule has 0 amide bonds. The summed E-state index contributed by atoms with van der Waals surface area (Å²) in [5.74, 6) is 1.73. The third-order valence-electron chi connectivity index (χ3n) is 3.11. The van der Waals surface area contributed by atoms with E-state index in [0.717, 1.165) is 35.7 Å². The molecule has 0 aliphatic rings. The lowest BCUT2D eigenvalue weighted by Crippen LogP contribution is -1.98. The molecule has 0 bridgehead atoms. The normalized spacial score (nSPS) is 12.0. The maximum atomic E-state index is 6.57. The number of hydrogen-bond donors (Lipinski definition) is 0. The highest BCUT2D eigenvalue weighted by Crippen LogP contribution is 2.31. The number of rotatable bonds is 7. The molecule has 2 aromatic rings. The van der Waals surface area contributed by atoms with Crippen LogP contribution >= 0.6 is 11.6 Å². The molecule has 0 saturated heterocycles. The Hall–Kier alpha value is -1.67. The first kappa shape index (κ1) is 15.7. The molecule has 1 unspecified atom stereocenters. The van der Waals surface area contributed by atoms with Crippen molar-refractivity contribution in [2.24, 2.45) is 0 Å². The minimum Gasteiger partial charge on any atom is -0.494 e. The molecule has 0 spiro atoms. The minimum atomic E-state index is -0.189. The molecular formula is C18H21ClO2. The molecule has 0 N–H and O–H groups in total. The molecule has 0 saturated carbocycles. The first-order chi connectivity index (χ1) is 10.2. The van der Waals surface area contributed by atoms with E-state index in [0.29, 0.717) is 6.61 Å². The predicted octanol–water partition coefficient (Wildman–Crippen LogP) is 5.20. The van der Waals surface area contributed by atoms with Crippen LogP contribution in [-0.4, -0.2) is 13.2 Å². The van der Waals surface area contributed by atoms with Crippen LogP contribution in [0.2, 0.25) is 0 Å². The van der Waals surface area contributed by atoms with Gasteiger partial charge in [0, 0.05) is 0 Å². The van der Waals surface area contributed by atoms with Crippen LogP contribution in [0.15, 0.2) is 48.5 Å². The van der Waals surface area contributed by atoms with Gasteiger partial charge in [-0.2, -0.15) is 0 Å². The highest BCUT2D eigenvalue weighted by atomic mass is 35.5. The summed E-state index contributed by atoms with van der Waals surface area (Å²) >= 11 is 6.57. The predicted molar refractivity (Wildman–Crippen MR) is 87.5 cm³/mol. The number of alkyl halides is 1. The Labute approximate surface area is 131 Å². The molecule has 0 aliphatic carbocycles. The summed E-state index contributed by atoms with van der Waals surface area (Å²) in [6.45, 7) is 5.45. The second-order valence-corrected chi connectivity index (χ2v) is 5.22. The summed E-state index contributed by atoms with van der Waals surface area (Å²) in [5.41, 5.74) is 2.09. The summed E-state index contributed by atoms with van der Waals surface area (Å²) in [6.07, 6.45) is 0.993. The van der Waals surface area contributed by atoms with Crippen molar-refractivity contribution in [1.82, 2.24) is 0 Å². The van der Waals surface area contributed by atoms with Gasteiger partial charge in [0.25, 0.3) is 0 Å². The zero-order valence-corrected chi connectivity index (χ0v) is 13.3. The largest absolute Gasteiger partial charge is 0.494 e. The van der Waals surface area contributed by atoms with Crippen molar-refractivity contribution in [3.63, 3.8) is 0 Å². The van der Waals surface area contributed by atoms with Gasteiger partial charge >= 0.3 is 0 Å². The van der Waals surface area contributed by atoms with Gasteiger partial charge in [-0.15, -0.1) is 11.6 Å². The van der Waals surface area contributed by atoms with Crippen LogP contribution in [0.25, 0.3) is 0 Å². The van der Waals surface area contributed by atoms with Crippen molar-refractivity contribution >= 4 is 11.6 Å². The van der Waals surface area contributed by atoms with Gasteiger partial charge in [-0.3, -0.25) is 0 Å². The van der Waals surface area contributed by atoms with E-state index in [2.05, 4.69) is 6.92 Å². The van der Waals surface area contributed by atoms with Gasteiger partial charge in [0.1, 0.15) is 11.5 Å². The van der Waals surface area contributed by atoms with Crippen molar-refractivity contribution < 1.29 is 9.47 Å². The molecule has 0 aromatic heterocycles. The quantitative estimate of drug-likeness (QED) is 0.654. The topological polar surface area (TPSA) is 18.5 Å². The fraction of sp³-hybridized carbons (Fsp3) is 0.333. The van der Waals surface area contributed by atoms with Gasteiger partial charge in [-0.25, -0.2) is 0 Å². The Morgan fingerprint density at radius 1 is 0.905 bits per heavy atom. The maximum Gasteiger partial charge on any atom is 0.119 e. The van der Waals surface area contributed by atoms with Crippen LogP contribution in [0.4, 0.5) is 0 Å². The molecule has 2 rings (SSSR count). The van der Waals surface area contributed by atoms with Crippen LogP contribution in [0.3, 0.4) is 0 Å².